The summed E-state index contributed by atoms with van der Waals surface area (Å²) in [5, 5.41) is 5.39. The Hall–Kier alpha value is -2.93. The molecule has 25 heavy (non-hydrogen) atoms. The van der Waals surface area contributed by atoms with Crippen LogP contribution in [0.15, 0.2) is 58.9 Å². The number of benzene rings is 2. The highest BCUT2D eigenvalue weighted by Crippen LogP contribution is 2.25. The predicted octanol–water partition coefficient (Wildman–Crippen LogP) is 3.88. The maximum absolute atomic E-state index is 13.3. The molecular weight excluding hydrogens is 339 g/mol. The number of anilines is 1. The number of hydrogen-bond acceptors (Lipinski definition) is 4. The summed E-state index contributed by atoms with van der Waals surface area (Å²) in [6, 6.07) is 13.9. The molecule has 0 bridgehead atoms. The fraction of sp³-hybridized carbons (Fsp3) is 0.111. The van der Waals surface area contributed by atoms with Gasteiger partial charge >= 0.3 is 0 Å². The van der Waals surface area contributed by atoms with Crippen molar-refractivity contribution in [3.8, 4) is 17.0 Å². The second kappa shape index (κ2) is 7.76. The lowest BCUT2D eigenvalue weighted by Gasteiger charge is -2.06. The second-order valence-corrected chi connectivity index (χ2v) is 6.04. The third kappa shape index (κ3) is 4.33. The highest BCUT2D eigenvalue weighted by atomic mass is 32.1. The number of thiazole rings is 1. The van der Waals surface area contributed by atoms with Gasteiger partial charge in [0.05, 0.1) is 19.3 Å². The van der Waals surface area contributed by atoms with E-state index >= 15 is 0 Å². The molecule has 0 aliphatic rings. The molecular formula is C18H17FN4OS. The molecule has 3 rings (SSSR count). The maximum atomic E-state index is 13.3. The van der Waals surface area contributed by atoms with E-state index < -0.39 is 0 Å². The van der Waals surface area contributed by atoms with Crippen LogP contribution in [0, 0.1) is 5.82 Å². The van der Waals surface area contributed by atoms with Crippen molar-refractivity contribution in [1.82, 2.24) is 4.98 Å². The number of ether oxygens (including phenoxy) is 1. The number of halogens is 1. The van der Waals surface area contributed by atoms with Crippen LogP contribution in [0.4, 0.5) is 9.52 Å². The van der Waals surface area contributed by atoms with Crippen LogP contribution in [0.2, 0.25) is 0 Å². The number of hydrogen-bond donors (Lipinski definition) is 2. The van der Waals surface area contributed by atoms with Crippen molar-refractivity contribution < 1.29 is 9.13 Å². The molecule has 0 radical (unpaired) electrons. The molecule has 0 spiro atoms. The molecule has 0 saturated carbocycles. The van der Waals surface area contributed by atoms with Crippen LogP contribution in [0.5, 0.6) is 5.75 Å². The smallest absolute Gasteiger partial charge is 0.195 e. The van der Waals surface area contributed by atoms with E-state index in [9.17, 15) is 4.39 Å². The van der Waals surface area contributed by atoms with Crippen molar-refractivity contribution in [3.05, 3.63) is 65.3 Å². The first-order valence-corrected chi connectivity index (χ1v) is 8.44. The third-order valence-corrected chi connectivity index (χ3v) is 4.23. The Kier molecular flexibility index (Phi) is 5.25. The molecule has 0 unspecified atom stereocenters. The summed E-state index contributed by atoms with van der Waals surface area (Å²) < 4.78 is 18.6. The molecule has 0 aliphatic heterocycles. The average Bonchev–Trinajstić information content (AvgIpc) is 3.08. The van der Waals surface area contributed by atoms with Crippen LogP contribution >= 0.6 is 11.3 Å². The van der Waals surface area contributed by atoms with Gasteiger partial charge in [0.15, 0.2) is 11.1 Å². The van der Waals surface area contributed by atoms with E-state index in [2.05, 4.69) is 15.3 Å². The van der Waals surface area contributed by atoms with Gasteiger partial charge in [-0.2, -0.15) is 0 Å². The Morgan fingerprint density at radius 2 is 2.12 bits per heavy atom. The number of guanidine groups is 1. The van der Waals surface area contributed by atoms with E-state index in [4.69, 9.17) is 10.5 Å². The summed E-state index contributed by atoms with van der Waals surface area (Å²) in [5.41, 5.74) is 8.26. The Bertz CT molecular complexity index is 894. The van der Waals surface area contributed by atoms with Crippen LogP contribution in [0.1, 0.15) is 5.56 Å². The van der Waals surface area contributed by atoms with Gasteiger partial charge in [-0.3, -0.25) is 0 Å². The minimum absolute atomic E-state index is 0.256. The summed E-state index contributed by atoms with van der Waals surface area (Å²) in [7, 11) is 1.62. The van der Waals surface area contributed by atoms with Gasteiger partial charge in [-0.25, -0.2) is 14.4 Å². The van der Waals surface area contributed by atoms with Crippen LogP contribution < -0.4 is 15.8 Å². The molecule has 5 nitrogen and oxygen atoms in total. The molecule has 1 heterocycles. The van der Waals surface area contributed by atoms with Crippen LogP contribution in [0.25, 0.3) is 11.3 Å². The van der Waals surface area contributed by atoms with Gasteiger partial charge in [-0.05, 0) is 18.2 Å². The van der Waals surface area contributed by atoms with Gasteiger partial charge in [0.25, 0.3) is 0 Å². The van der Waals surface area contributed by atoms with Gasteiger partial charge in [0.1, 0.15) is 11.6 Å². The molecule has 0 saturated heterocycles. The average molecular weight is 356 g/mol. The van der Waals surface area contributed by atoms with Gasteiger partial charge < -0.3 is 15.8 Å². The first-order valence-electron chi connectivity index (χ1n) is 7.56. The molecule has 3 N–H and O–H groups in total. The standard InChI is InChI=1S/C18H17FN4OS/c1-24-16-8-3-2-5-13(16)10-21-17(20)23-18-22-15(11-25-18)12-6-4-7-14(19)9-12/h2-9,11H,10H2,1H3,(H3,20,21,22,23). The largest absolute Gasteiger partial charge is 0.496 e. The molecule has 2 aromatic carbocycles. The minimum Gasteiger partial charge on any atom is -0.496 e. The zero-order valence-electron chi connectivity index (χ0n) is 13.6. The van der Waals surface area contributed by atoms with Crippen LogP contribution in [0.3, 0.4) is 0 Å². The molecule has 0 fully saturated rings. The Morgan fingerprint density at radius 1 is 1.28 bits per heavy atom. The monoisotopic (exact) mass is 356 g/mol. The van der Waals surface area contributed by atoms with Crippen molar-refractivity contribution in [2.45, 2.75) is 6.54 Å². The van der Waals surface area contributed by atoms with E-state index in [0.717, 1.165) is 11.3 Å². The number of methoxy groups -OCH3 is 1. The van der Waals surface area contributed by atoms with Crippen molar-refractivity contribution in [1.29, 1.82) is 0 Å². The zero-order valence-corrected chi connectivity index (χ0v) is 14.4. The number of nitrogens with zero attached hydrogens (tertiary/aromatic N) is 2. The van der Waals surface area contributed by atoms with Crippen molar-refractivity contribution >= 4 is 22.4 Å². The number of aromatic nitrogens is 1. The molecule has 7 heteroatoms. The highest BCUT2D eigenvalue weighted by Gasteiger charge is 2.07. The summed E-state index contributed by atoms with van der Waals surface area (Å²) in [6.45, 7) is 0.394. The van der Waals surface area contributed by atoms with Gasteiger partial charge in [-0.1, -0.05) is 30.3 Å². The van der Waals surface area contributed by atoms with E-state index in [-0.39, 0.29) is 11.8 Å². The van der Waals surface area contributed by atoms with E-state index in [1.54, 1.807) is 19.2 Å². The first-order chi connectivity index (χ1) is 12.2. The minimum atomic E-state index is -0.294. The summed E-state index contributed by atoms with van der Waals surface area (Å²) in [4.78, 5) is 8.71. The van der Waals surface area contributed by atoms with Crippen molar-refractivity contribution in [2.75, 3.05) is 12.4 Å². The Labute approximate surface area is 149 Å². The highest BCUT2D eigenvalue weighted by molar-refractivity contribution is 7.14. The Balaban J connectivity index is 1.68. The lowest BCUT2D eigenvalue weighted by atomic mass is 10.2. The number of para-hydroxylation sites is 1. The normalized spacial score (nSPS) is 11.4. The fourth-order valence-corrected chi connectivity index (χ4v) is 2.99. The SMILES string of the molecule is COc1ccccc1CN=C(N)Nc1nc(-c2cccc(F)c2)cs1. The van der Waals surface area contributed by atoms with Gasteiger partial charge in [0.2, 0.25) is 0 Å². The van der Waals surface area contributed by atoms with E-state index in [1.165, 1.54) is 23.5 Å². The van der Waals surface area contributed by atoms with Crippen LogP contribution in [-0.2, 0) is 6.54 Å². The van der Waals surface area contributed by atoms with E-state index in [1.807, 2.05) is 29.6 Å². The molecule has 3 aromatic rings. The molecule has 0 atom stereocenters. The number of rotatable bonds is 5. The second-order valence-electron chi connectivity index (χ2n) is 5.19. The number of nitrogens with one attached hydrogen (secondary N) is 1. The lowest BCUT2D eigenvalue weighted by molar-refractivity contribution is 0.410. The fourth-order valence-electron chi connectivity index (χ4n) is 2.26. The Morgan fingerprint density at radius 3 is 2.92 bits per heavy atom. The summed E-state index contributed by atoms with van der Waals surface area (Å²) in [6.07, 6.45) is 0. The molecule has 1 aromatic heterocycles. The summed E-state index contributed by atoms with van der Waals surface area (Å²) in [5.74, 6) is 0.727. The van der Waals surface area contributed by atoms with Gasteiger partial charge in [0, 0.05) is 16.5 Å². The first kappa shape index (κ1) is 16.9. The zero-order chi connectivity index (χ0) is 17.6. The van der Waals surface area contributed by atoms with Crippen molar-refractivity contribution in [2.24, 2.45) is 10.7 Å². The lowest BCUT2D eigenvalue weighted by Crippen LogP contribution is -2.22. The van der Waals surface area contributed by atoms with Crippen molar-refractivity contribution in [3.63, 3.8) is 0 Å². The molecule has 0 aliphatic carbocycles. The molecule has 0 amide bonds. The van der Waals surface area contributed by atoms with Crippen LogP contribution in [-0.4, -0.2) is 18.1 Å². The molecule has 128 valence electrons. The number of nitrogens with two attached hydrogens (primary N) is 1. The topological polar surface area (TPSA) is 72.5 Å². The van der Waals surface area contributed by atoms with E-state index in [0.29, 0.717) is 22.9 Å². The maximum Gasteiger partial charge on any atom is 0.195 e. The quantitative estimate of drug-likeness (QED) is 0.537. The summed E-state index contributed by atoms with van der Waals surface area (Å²) >= 11 is 1.38. The third-order valence-electron chi connectivity index (χ3n) is 3.47. The predicted molar refractivity (Wildman–Crippen MR) is 99.5 cm³/mol. The number of aliphatic imine (C=N–C) groups is 1. The van der Waals surface area contributed by atoms with Gasteiger partial charge in [-0.15, -0.1) is 11.3 Å².